The minimum Gasteiger partial charge on any atom is -0.493 e. The fourth-order valence-electron chi connectivity index (χ4n) is 3.18. The molecule has 9 heteroatoms. The van der Waals surface area contributed by atoms with Gasteiger partial charge in [-0.25, -0.2) is 9.97 Å². The van der Waals surface area contributed by atoms with Crippen LogP contribution in [0.3, 0.4) is 0 Å². The number of hydrogen-bond acceptors (Lipinski definition) is 8. The van der Waals surface area contributed by atoms with Gasteiger partial charge >= 0.3 is 0 Å². The lowest BCUT2D eigenvalue weighted by Gasteiger charge is -2.16. The van der Waals surface area contributed by atoms with E-state index in [-0.39, 0.29) is 5.91 Å². The monoisotopic (exact) mass is 430 g/mol. The Labute approximate surface area is 179 Å². The summed E-state index contributed by atoms with van der Waals surface area (Å²) < 4.78 is 15.9. The highest BCUT2D eigenvalue weighted by Gasteiger charge is 2.22. The van der Waals surface area contributed by atoms with Gasteiger partial charge in [0.15, 0.2) is 11.5 Å². The number of aryl methyl sites for hydroxylation is 1. The van der Waals surface area contributed by atoms with Crippen molar-refractivity contribution in [2.75, 3.05) is 46.8 Å². The van der Waals surface area contributed by atoms with Gasteiger partial charge in [-0.05, 0) is 18.6 Å². The first-order chi connectivity index (χ1) is 14.5. The Hall–Kier alpha value is -2.91. The fraction of sp³-hybridized carbons (Fsp3) is 0.381. The summed E-state index contributed by atoms with van der Waals surface area (Å²) in [4.78, 5) is 24.7. The zero-order valence-corrected chi connectivity index (χ0v) is 18.6. The molecular formula is C21H26N4O4S. The first kappa shape index (κ1) is 21.8. The largest absolute Gasteiger partial charge is 0.493 e. The number of carbonyl (C=O) groups excluding carboxylic acids is 1. The van der Waals surface area contributed by atoms with E-state index in [0.29, 0.717) is 41.9 Å². The summed E-state index contributed by atoms with van der Waals surface area (Å²) in [5.41, 5.74) is 1.80. The smallest absolute Gasteiger partial charge is 0.264 e. The van der Waals surface area contributed by atoms with Crippen LogP contribution in [0, 0.1) is 6.92 Å². The lowest BCUT2D eigenvalue weighted by molar-refractivity contribution is 0.0748. The average Bonchev–Trinajstić information content (AvgIpc) is 3.11. The average molecular weight is 431 g/mol. The lowest BCUT2D eigenvalue weighted by Crippen LogP contribution is -2.29. The van der Waals surface area contributed by atoms with Gasteiger partial charge in [-0.1, -0.05) is 12.1 Å². The molecule has 1 amide bonds. The molecule has 0 fully saturated rings. The number of aromatic nitrogens is 2. The molecule has 3 aromatic rings. The fourth-order valence-corrected chi connectivity index (χ4v) is 4.33. The molecule has 1 aromatic carbocycles. The zero-order valence-electron chi connectivity index (χ0n) is 17.8. The predicted molar refractivity (Wildman–Crippen MR) is 118 cm³/mol. The molecule has 2 aromatic heterocycles. The van der Waals surface area contributed by atoms with Crippen molar-refractivity contribution in [1.29, 1.82) is 0 Å². The number of rotatable bonds is 9. The van der Waals surface area contributed by atoms with Crippen molar-refractivity contribution < 1.29 is 19.0 Å². The second kappa shape index (κ2) is 9.73. The van der Waals surface area contributed by atoms with Crippen LogP contribution in [0.5, 0.6) is 11.5 Å². The minimum absolute atomic E-state index is 0.0482. The van der Waals surface area contributed by atoms with Crippen molar-refractivity contribution >= 4 is 33.3 Å². The van der Waals surface area contributed by atoms with E-state index in [2.05, 4.69) is 15.3 Å². The number of benzene rings is 1. The van der Waals surface area contributed by atoms with Crippen LogP contribution in [-0.4, -0.2) is 62.3 Å². The molecule has 3 rings (SSSR count). The molecule has 0 aliphatic rings. The molecule has 8 nitrogen and oxygen atoms in total. The van der Waals surface area contributed by atoms with Crippen LogP contribution in [0.4, 0.5) is 5.82 Å². The number of para-hydroxylation sites is 1. The molecular weight excluding hydrogens is 404 g/mol. The van der Waals surface area contributed by atoms with E-state index < -0.39 is 0 Å². The molecule has 0 radical (unpaired) electrons. The number of likely N-dealkylation sites (N-methyl/N-ethyl adjacent to an activating group) is 1. The quantitative estimate of drug-likeness (QED) is 0.557. The van der Waals surface area contributed by atoms with E-state index in [0.717, 1.165) is 21.3 Å². The van der Waals surface area contributed by atoms with Gasteiger partial charge < -0.3 is 24.4 Å². The molecule has 0 aliphatic carbocycles. The summed E-state index contributed by atoms with van der Waals surface area (Å²) in [5.74, 6) is 1.98. The Bertz CT molecular complexity index is 1040. The topological polar surface area (TPSA) is 85.8 Å². The van der Waals surface area contributed by atoms with Crippen LogP contribution in [-0.2, 0) is 11.3 Å². The maximum absolute atomic E-state index is 12.9. The van der Waals surface area contributed by atoms with E-state index in [1.54, 1.807) is 33.3 Å². The van der Waals surface area contributed by atoms with Crippen LogP contribution in [0.1, 0.15) is 20.8 Å². The molecule has 0 atom stereocenters. The lowest BCUT2D eigenvalue weighted by atomic mass is 10.1. The maximum atomic E-state index is 12.9. The van der Waals surface area contributed by atoms with Crippen LogP contribution < -0.4 is 14.8 Å². The van der Waals surface area contributed by atoms with Crippen molar-refractivity contribution in [3.63, 3.8) is 0 Å². The van der Waals surface area contributed by atoms with Gasteiger partial charge in [0, 0.05) is 32.8 Å². The highest BCUT2D eigenvalue weighted by atomic mass is 32.1. The van der Waals surface area contributed by atoms with Gasteiger partial charge in [0.1, 0.15) is 17.0 Å². The van der Waals surface area contributed by atoms with Crippen LogP contribution in [0.25, 0.3) is 10.2 Å². The molecule has 30 heavy (non-hydrogen) atoms. The first-order valence-corrected chi connectivity index (χ1v) is 10.3. The number of fused-ring (bicyclic) bond motifs is 1. The molecule has 0 bridgehead atoms. The van der Waals surface area contributed by atoms with E-state index in [4.69, 9.17) is 14.2 Å². The second-order valence-electron chi connectivity index (χ2n) is 6.68. The van der Waals surface area contributed by atoms with Gasteiger partial charge in [-0.3, -0.25) is 4.79 Å². The van der Waals surface area contributed by atoms with Gasteiger partial charge in [-0.2, -0.15) is 0 Å². The molecule has 1 N–H and O–H groups in total. The van der Waals surface area contributed by atoms with E-state index in [1.807, 2.05) is 25.1 Å². The number of anilines is 1. The van der Waals surface area contributed by atoms with Crippen LogP contribution >= 0.6 is 11.3 Å². The Morgan fingerprint density at radius 2 is 2.00 bits per heavy atom. The summed E-state index contributed by atoms with van der Waals surface area (Å²) in [7, 11) is 6.62. The molecule has 0 saturated carbocycles. The van der Waals surface area contributed by atoms with E-state index >= 15 is 0 Å². The van der Waals surface area contributed by atoms with Crippen molar-refractivity contribution in [2.45, 2.75) is 13.5 Å². The summed E-state index contributed by atoms with van der Waals surface area (Å²) in [6, 6.07) is 5.73. The SMILES string of the molecule is COCCN(C)C(=O)c1sc2ncnc(NCc3cccc(OC)c3OC)c2c1C. The Morgan fingerprint density at radius 1 is 1.20 bits per heavy atom. The number of amides is 1. The van der Waals surface area contributed by atoms with Crippen molar-refractivity contribution in [2.24, 2.45) is 0 Å². The van der Waals surface area contributed by atoms with Gasteiger partial charge in [-0.15, -0.1) is 11.3 Å². The number of hydrogen-bond donors (Lipinski definition) is 1. The Morgan fingerprint density at radius 3 is 2.70 bits per heavy atom. The van der Waals surface area contributed by atoms with Crippen molar-refractivity contribution in [3.05, 3.63) is 40.5 Å². The van der Waals surface area contributed by atoms with Crippen LogP contribution in [0.15, 0.2) is 24.5 Å². The molecule has 0 saturated heterocycles. The van der Waals surface area contributed by atoms with E-state index in [9.17, 15) is 4.79 Å². The summed E-state index contributed by atoms with van der Waals surface area (Å²) in [6.07, 6.45) is 1.51. The molecule has 2 heterocycles. The zero-order chi connectivity index (χ0) is 21.7. The second-order valence-corrected chi connectivity index (χ2v) is 7.68. The Kier molecular flexibility index (Phi) is 7.07. The minimum atomic E-state index is -0.0482. The molecule has 0 spiro atoms. The van der Waals surface area contributed by atoms with Gasteiger partial charge in [0.25, 0.3) is 5.91 Å². The molecule has 160 valence electrons. The first-order valence-electron chi connectivity index (χ1n) is 9.44. The third kappa shape index (κ3) is 4.31. The Balaban J connectivity index is 1.89. The number of methoxy groups -OCH3 is 3. The molecule has 0 unspecified atom stereocenters. The summed E-state index contributed by atoms with van der Waals surface area (Å²) in [6.45, 7) is 3.42. The normalized spacial score (nSPS) is 10.8. The number of ether oxygens (including phenoxy) is 3. The number of nitrogens with zero attached hydrogens (tertiary/aromatic N) is 3. The highest BCUT2D eigenvalue weighted by Crippen LogP contribution is 2.35. The number of nitrogens with one attached hydrogen (secondary N) is 1. The summed E-state index contributed by atoms with van der Waals surface area (Å²) in [5, 5.41) is 4.22. The van der Waals surface area contributed by atoms with E-state index in [1.165, 1.54) is 17.7 Å². The summed E-state index contributed by atoms with van der Waals surface area (Å²) >= 11 is 1.38. The van der Waals surface area contributed by atoms with Crippen molar-refractivity contribution in [1.82, 2.24) is 14.9 Å². The molecule has 0 aliphatic heterocycles. The van der Waals surface area contributed by atoms with Crippen molar-refractivity contribution in [3.8, 4) is 11.5 Å². The number of carbonyl (C=O) groups is 1. The third-order valence-corrected chi connectivity index (χ3v) is 6.02. The standard InChI is InChI=1S/C21H26N4O4S/c1-13-16-19(22-11-14-7-6-8-15(28-4)17(14)29-5)23-12-24-20(16)30-18(13)21(26)25(2)9-10-27-3/h6-8,12H,9-11H2,1-5H3,(H,22,23,24). The van der Waals surface area contributed by atoms with Crippen LogP contribution in [0.2, 0.25) is 0 Å². The number of thiophene rings is 1. The van der Waals surface area contributed by atoms with Gasteiger partial charge in [0.2, 0.25) is 0 Å². The highest BCUT2D eigenvalue weighted by molar-refractivity contribution is 7.20. The maximum Gasteiger partial charge on any atom is 0.264 e. The third-order valence-electron chi connectivity index (χ3n) is 4.83. The predicted octanol–water partition coefficient (Wildman–Crippen LogP) is 3.35. The van der Waals surface area contributed by atoms with Gasteiger partial charge in [0.05, 0.1) is 31.1 Å².